The number of hydrogen-bond donors (Lipinski definition) is 2. The van der Waals surface area contributed by atoms with Gasteiger partial charge in [0.05, 0.1) is 19.8 Å². The molecule has 0 aromatic heterocycles. The van der Waals surface area contributed by atoms with Crippen molar-refractivity contribution in [2.45, 2.75) is 13.5 Å². The molecule has 0 atom stereocenters. The number of anilines is 1. The van der Waals surface area contributed by atoms with Crippen LogP contribution in [-0.4, -0.2) is 45.4 Å². The zero-order valence-electron chi connectivity index (χ0n) is 13.3. The van der Waals surface area contributed by atoms with Gasteiger partial charge >= 0.3 is 0 Å². The van der Waals surface area contributed by atoms with Crippen molar-refractivity contribution in [3.8, 4) is 0 Å². The second-order valence-corrected chi connectivity index (χ2v) is 5.09. The molecule has 120 valence electrons. The summed E-state index contributed by atoms with van der Waals surface area (Å²) in [6.45, 7) is 11.4. The van der Waals surface area contributed by atoms with E-state index in [-0.39, 0.29) is 0 Å². The minimum absolute atomic E-state index is 0.653. The van der Waals surface area contributed by atoms with Crippen LogP contribution in [0.2, 0.25) is 0 Å². The van der Waals surface area contributed by atoms with Crippen molar-refractivity contribution in [1.29, 1.82) is 0 Å². The average molecular weight is 302 g/mol. The van der Waals surface area contributed by atoms with E-state index < -0.39 is 0 Å². The molecule has 0 unspecified atom stereocenters. The number of hydrogen-bond acceptors (Lipinski definition) is 3. The maximum atomic E-state index is 5.44. The van der Waals surface area contributed by atoms with Crippen molar-refractivity contribution >= 4 is 11.6 Å². The quantitative estimate of drug-likeness (QED) is 0.478. The van der Waals surface area contributed by atoms with Gasteiger partial charge in [-0.05, 0) is 18.6 Å². The van der Waals surface area contributed by atoms with Crippen LogP contribution in [0, 0.1) is 0 Å². The molecule has 1 aromatic rings. The fourth-order valence-electron chi connectivity index (χ4n) is 2.43. The number of guanidine groups is 1. The molecule has 1 fully saturated rings. The molecule has 1 aliphatic heterocycles. The number of para-hydroxylation sites is 1. The highest BCUT2D eigenvalue weighted by Gasteiger charge is 2.14. The lowest BCUT2D eigenvalue weighted by Gasteiger charge is -2.30. The molecule has 0 saturated carbocycles. The van der Waals surface area contributed by atoms with Gasteiger partial charge in [0, 0.05) is 31.9 Å². The molecule has 5 nitrogen and oxygen atoms in total. The number of aliphatic imine (C=N–C) groups is 1. The molecular weight excluding hydrogens is 276 g/mol. The Hall–Kier alpha value is -2.01. The van der Waals surface area contributed by atoms with E-state index in [1.807, 2.05) is 6.08 Å². The van der Waals surface area contributed by atoms with Crippen LogP contribution >= 0.6 is 0 Å². The summed E-state index contributed by atoms with van der Waals surface area (Å²) in [5.41, 5.74) is 2.49. The van der Waals surface area contributed by atoms with Crippen molar-refractivity contribution in [1.82, 2.24) is 10.6 Å². The maximum absolute atomic E-state index is 5.44. The Kier molecular flexibility index (Phi) is 6.77. The Labute approximate surface area is 133 Å². The highest BCUT2D eigenvalue weighted by atomic mass is 16.5. The molecule has 0 aliphatic carbocycles. The third-order valence-corrected chi connectivity index (χ3v) is 3.51. The molecule has 1 heterocycles. The topological polar surface area (TPSA) is 48.9 Å². The Balaban J connectivity index is 2.08. The third kappa shape index (κ3) is 4.77. The molecule has 1 aliphatic rings. The van der Waals surface area contributed by atoms with Gasteiger partial charge in [-0.3, -0.25) is 0 Å². The molecule has 5 heteroatoms. The molecular formula is C17H26N4O. The lowest BCUT2D eigenvalue weighted by Crippen LogP contribution is -2.37. The fourth-order valence-corrected chi connectivity index (χ4v) is 2.43. The smallest absolute Gasteiger partial charge is 0.191 e. The molecule has 0 radical (unpaired) electrons. The monoisotopic (exact) mass is 302 g/mol. The summed E-state index contributed by atoms with van der Waals surface area (Å²) >= 11 is 0. The molecule has 1 aromatic carbocycles. The Bertz CT molecular complexity index is 495. The highest BCUT2D eigenvalue weighted by molar-refractivity contribution is 5.80. The van der Waals surface area contributed by atoms with Crippen LogP contribution in [0.25, 0.3) is 0 Å². The average Bonchev–Trinajstić information content (AvgIpc) is 2.58. The number of benzene rings is 1. The standard InChI is InChI=1S/C17H26N4O/c1-3-9-19-17(18-4-2)20-14-15-7-5-6-8-16(15)21-10-12-22-13-11-21/h3,5-8H,1,4,9-14H2,2H3,(H2,18,19,20). The van der Waals surface area contributed by atoms with Crippen LogP contribution in [0.15, 0.2) is 41.9 Å². The summed E-state index contributed by atoms with van der Waals surface area (Å²) in [5, 5.41) is 6.47. The zero-order chi connectivity index (χ0) is 15.6. The predicted molar refractivity (Wildman–Crippen MR) is 92.5 cm³/mol. The molecule has 0 spiro atoms. The number of rotatable bonds is 6. The first-order chi connectivity index (χ1) is 10.8. The zero-order valence-corrected chi connectivity index (χ0v) is 13.3. The molecule has 0 bridgehead atoms. The van der Waals surface area contributed by atoms with Gasteiger partial charge in [0.15, 0.2) is 5.96 Å². The lowest BCUT2D eigenvalue weighted by atomic mass is 10.1. The van der Waals surface area contributed by atoms with E-state index >= 15 is 0 Å². The summed E-state index contributed by atoms with van der Waals surface area (Å²) < 4.78 is 5.44. The second-order valence-electron chi connectivity index (χ2n) is 5.09. The Morgan fingerprint density at radius 1 is 1.32 bits per heavy atom. The van der Waals surface area contributed by atoms with Crippen molar-refractivity contribution in [2.75, 3.05) is 44.3 Å². The number of ether oxygens (including phenoxy) is 1. The first-order valence-electron chi connectivity index (χ1n) is 7.88. The van der Waals surface area contributed by atoms with Gasteiger partial charge in [-0.2, -0.15) is 0 Å². The van der Waals surface area contributed by atoms with Crippen LogP contribution in [0.1, 0.15) is 12.5 Å². The summed E-state index contributed by atoms with van der Waals surface area (Å²) in [4.78, 5) is 7.04. The Morgan fingerprint density at radius 3 is 2.82 bits per heavy atom. The molecule has 0 amide bonds. The summed E-state index contributed by atoms with van der Waals surface area (Å²) in [7, 11) is 0. The SMILES string of the molecule is C=CCNC(=NCc1ccccc1N1CCOCC1)NCC. The minimum Gasteiger partial charge on any atom is -0.378 e. The van der Waals surface area contributed by atoms with Crippen molar-refractivity contribution in [3.63, 3.8) is 0 Å². The van der Waals surface area contributed by atoms with Gasteiger partial charge in [-0.25, -0.2) is 4.99 Å². The molecule has 22 heavy (non-hydrogen) atoms. The molecule has 2 N–H and O–H groups in total. The number of morpholine rings is 1. The minimum atomic E-state index is 0.653. The van der Waals surface area contributed by atoms with Crippen LogP contribution in [0.3, 0.4) is 0 Å². The Morgan fingerprint density at radius 2 is 2.09 bits per heavy atom. The van der Waals surface area contributed by atoms with Gasteiger partial charge in [0.1, 0.15) is 0 Å². The van der Waals surface area contributed by atoms with Crippen LogP contribution in [0.5, 0.6) is 0 Å². The van der Waals surface area contributed by atoms with E-state index in [9.17, 15) is 0 Å². The van der Waals surface area contributed by atoms with Crippen LogP contribution in [0.4, 0.5) is 5.69 Å². The number of nitrogens with zero attached hydrogens (tertiary/aromatic N) is 2. The van der Waals surface area contributed by atoms with E-state index in [1.165, 1.54) is 11.3 Å². The van der Waals surface area contributed by atoms with E-state index in [0.717, 1.165) is 38.8 Å². The molecule has 1 saturated heterocycles. The first kappa shape index (κ1) is 16.4. The van der Waals surface area contributed by atoms with Crippen molar-refractivity contribution < 1.29 is 4.74 Å². The van der Waals surface area contributed by atoms with Gasteiger partial charge in [0.25, 0.3) is 0 Å². The third-order valence-electron chi connectivity index (χ3n) is 3.51. The summed E-state index contributed by atoms with van der Waals surface area (Å²) in [6, 6.07) is 8.46. The normalized spacial score (nSPS) is 15.5. The predicted octanol–water partition coefficient (Wildman–Crippen LogP) is 1.76. The largest absolute Gasteiger partial charge is 0.378 e. The first-order valence-corrected chi connectivity index (χ1v) is 7.88. The summed E-state index contributed by atoms with van der Waals surface area (Å²) in [6.07, 6.45) is 1.83. The fraction of sp³-hybridized carbons (Fsp3) is 0.471. The van der Waals surface area contributed by atoms with E-state index in [1.54, 1.807) is 0 Å². The van der Waals surface area contributed by atoms with Crippen LogP contribution < -0.4 is 15.5 Å². The van der Waals surface area contributed by atoms with Gasteiger partial charge in [-0.1, -0.05) is 24.3 Å². The lowest BCUT2D eigenvalue weighted by molar-refractivity contribution is 0.122. The van der Waals surface area contributed by atoms with Crippen molar-refractivity contribution in [2.24, 2.45) is 4.99 Å². The summed E-state index contributed by atoms with van der Waals surface area (Å²) in [5.74, 6) is 0.819. The van der Waals surface area contributed by atoms with Gasteiger partial charge in [-0.15, -0.1) is 6.58 Å². The molecule has 2 rings (SSSR count). The number of nitrogens with one attached hydrogen (secondary N) is 2. The van der Waals surface area contributed by atoms with E-state index in [0.29, 0.717) is 13.1 Å². The second kappa shape index (κ2) is 9.10. The highest BCUT2D eigenvalue weighted by Crippen LogP contribution is 2.22. The van der Waals surface area contributed by atoms with Gasteiger partial charge in [0.2, 0.25) is 0 Å². The van der Waals surface area contributed by atoms with Gasteiger partial charge < -0.3 is 20.3 Å². The maximum Gasteiger partial charge on any atom is 0.191 e. The van der Waals surface area contributed by atoms with E-state index in [4.69, 9.17) is 4.74 Å². The van der Waals surface area contributed by atoms with Crippen molar-refractivity contribution in [3.05, 3.63) is 42.5 Å². The van der Waals surface area contributed by atoms with E-state index in [2.05, 4.69) is 58.3 Å². The van der Waals surface area contributed by atoms with Crippen LogP contribution in [-0.2, 0) is 11.3 Å².